The van der Waals surface area contributed by atoms with Crippen molar-refractivity contribution in [2.45, 2.75) is 24.8 Å². The minimum Gasteiger partial charge on any atom is -0.255 e. The molecule has 0 radical (unpaired) electrons. The van der Waals surface area contributed by atoms with Crippen LogP contribution in [0.15, 0.2) is 59.6 Å². The second-order valence-corrected chi connectivity index (χ2v) is 8.92. The van der Waals surface area contributed by atoms with Gasteiger partial charge in [-0.3, -0.25) is 4.98 Å². The lowest BCUT2D eigenvalue weighted by Gasteiger charge is -2.28. The number of sulfonamides is 1. The molecule has 28 heavy (non-hydrogen) atoms. The van der Waals surface area contributed by atoms with Crippen LogP contribution in [0, 0.1) is 6.92 Å². The highest BCUT2D eigenvalue weighted by Gasteiger charge is 2.30. The molecule has 4 aromatic rings. The second-order valence-electron chi connectivity index (χ2n) is 7.01. The molecule has 6 nitrogen and oxygen atoms in total. The zero-order valence-corrected chi connectivity index (χ0v) is 16.1. The van der Waals surface area contributed by atoms with Gasteiger partial charge in [0.25, 0.3) is 0 Å². The smallest absolute Gasteiger partial charge is 0.245 e. The maximum Gasteiger partial charge on any atom is 0.245 e. The third-order valence-corrected chi connectivity index (χ3v) is 7.02. The van der Waals surface area contributed by atoms with Crippen molar-refractivity contribution in [3.05, 3.63) is 71.7 Å². The molecule has 0 amide bonds. The molecule has 0 aliphatic carbocycles. The van der Waals surface area contributed by atoms with Crippen LogP contribution in [0.2, 0.25) is 0 Å². The third-order valence-electron chi connectivity index (χ3n) is 5.14. The number of fused-ring (bicyclic) bond motifs is 3. The van der Waals surface area contributed by atoms with Gasteiger partial charge in [-0.05, 0) is 42.8 Å². The Hall–Kier alpha value is -2.90. The van der Waals surface area contributed by atoms with E-state index >= 15 is 0 Å². The summed E-state index contributed by atoms with van der Waals surface area (Å²) in [5.41, 5.74) is 4.00. The van der Waals surface area contributed by atoms with E-state index in [-0.39, 0.29) is 4.90 Å². The molecule has 0 saturated carbocycles. The van der Waals surface area contributed by atoms with Crippen molar-refractivity contribution >= 4 is 32.0 Å². The summed E-state index contributed by atoms with van der Waals surface area (Å²) in [7, 11) is -3.66. The van der Waals surface area contributed by atoms with Crippen LogP contribution in [0.3, 0.4) is 0 Å². The van der Waals surface area contributed by atoms with Gasteiger partial charge in [-0.1, -0.05) is 18.2 Å². The fraction of sp³-hybridized carbons (Fsp3) is 0.190. The third kappa shape index (κ3) is 2.75. The molecular formula is C21H18N4O2S. The first kappa shape index (κ1) is 17.2. The normalized spacial score (nSPS) is 15.0. The van der Waals surface area contributed by atoms with E-state index < -0.39 is 10.0 Å². The zero-order chi connectivity index (χ0) is 19.3. The quantitative estimate of drug-likeness (QED) is 0.525. The Kier molecular flexibility index (Phi) is 3.89. The number of para-hydroxylation sites is 1. The molecule has 0 N–H and O–H groups in total. The Morgan fingerprint density at radius 1 is 1.00 bits per heavy atom. The summed E-state index contributed by atoms with van der Waals surface area (Å²) in [6.07, 6.45) is 2.19. The SMILES string of the molecule is Cc1ccc2cc3c(nc2n1)CCN(S(=O)(=O)c1cccc2cccnc12)C3. The molecule has 0 atom stereocenters. The number of rotatable bonds is 2. The summed E-state index contributed by atoms with van der Waals surface area (Å²) >= 11 is 0. The van der Waals surface area contributed by atoms with Gasteiger partial charge in [-0.25, -0.2) is 18.4 Å². The van der Waals surface area contributed by atoms with Crippen molar-refractivity contribution in [3.63, 3.8) is 0 Å². The number of hydrogen-bond acceptors (Lipinski definition) is 5. The Bertz CT molecular complexity index is 1330. The molecule has 0 spiro atoms. The monoisotopic (exact) mass is 390 g/mol. The van der Waals surface area contributed by atoms with Crippen LogP contribution in [0.1, 0.15) is 17.0 Å². The summed E-state index contributed by atoms with van der Waals surface area (Å²) in [5.74, 6) is 0. The Morgan fingerprint density at radius 3 is 2.75 bits per heavy atom. The number of benzene rings is 1. The molecule has 0 bridgehead atoms. The van der Waals surface area contributed by atoms with Crippen molar-refractivity contribution < 1.29 is 8.42 Å². The highest BCUT2D eigenvalue weighted by Crippen LogP contribution is 2.29. The maximum absolute atomic E-state index is 13.4. The van der Waals surface area contributed by atoms with E-state index in [1.54, 1.807) is 18.3 Å². The molecular weight excluding hydrogens is 372 g/mol. The number of aryl methyl sites for hydroxylation is 1. The van der Waals surface area contributed by atoms with Crippen LogP contribution in [0.25, 0.3) is 21.9 Å². The number of pyridine rings is 3. The van der Waals surface area contributed by atoms with Gasteiger partial charge in [0, 0.05) is 47.9 Å². The van der Waals surface area contributed by atoms with E-state index in [1.165, 1.54) is 4.31 Å². The molecule has 1 aromatic carbocycles. The molecule has 0 unspecified atom stereocenters. The topological polar surface area (TPSA) is 76.1 Å². The molecule has 0 saturated heterocycles. The summed E-state index contributed by atoms with van der Waals surface area (Å²) in [4.78, 5) is 13.7. The van der Waals surface area contributed by atoms with E-state index in [0.717, 1.165) is 27.7 Å². The second kappa shape index (κ2) is 6.32. The summed E-state index contributed by atoms with van der Waals surface area (Å²) in [6.45, 7) is 2.63. The van der Waals surface area contributed by atoms with Crippen molar-refractivity contribution in [2.75, 3.05) is 6.54 Å². The fourth-order valence-electron chi connectivity index (χ4n) is 3.71. The highest BCUT2D eigenvalue weighted by molar-refractivity contribution is 7.89. The molecule has 140 valence electrons. The molecule has 3 aromatic heterocycles. The summed E-state index contributed by atoms with van der Waals surface area (Å²) < 4.78 is 28.3. The van der Waals surface area contributed by atoms with Crippen LogP contribution < -0.4 is 0 Å². The van der Waals surface area contributed by atoms with E-state index in [1.807, 2.05) is 43.3 Å². The van der Waals surface area contributed by atoms with Gasteiger partial charge in [0.1, 0.15) is 4.90 Å². The lowest BCUT2D eigenvalue weighted by atomic mass is 10.1. The van der Waals surface area contributed by atoms with Gasteiger partial charge < -0.3 is 0 Å². The lowest BCUT2D eigenvalue weighted by molar-refractivity contribution is 0.389. The Balaban J connectivity index is 1.57. The zero-order valence-electron chi connectivity index (χ0n) is 15.3. The van der Waals surface area contributed by atoms with E-state index in [4.69, 9.17) is 0 Å². The standard InChI is InChI=1S/C21H18N4O2S/c1-14-7-8-16-12-17-13-25(11-9-18(17)24-21(16)23-14)28(26,27)19-6-2-4-15-5-3-10-22-20(15)19/h2-8,10,12H,9,11,13H2,1H3. The first-order valence-electron chi connectivity index (χ1n) is 9.12. The minimum absolute atomic E-state index is 0.250. The maximum atomic E-state index is 13.4. The Morgan fingerprint density at radius 2 is 1.86 bits per heavy atom. The first-order chi connectivity index (χ1) is 13.5. The minimum atomic E-state index is -3.66. The predicted molar refractivity (Wildman–Crippen MR) is 107 cm³/mol. The number of aromatic nitrogens is 3. The van der Waals surface area contributed by atoms with Gasteiger partial charge >= 0.3 is 0 Å². The van der Waals surface area contributed by atoms with Crippen LogP contribution in [-0.4, -0.2) is 34.2 Å². The molecule has 5 rings (SSSR count). The van der Waals surface area contributed by atoms with Crippen molar-refractivity contribution in [3.8, 4) is 0 Å². The van der Waals surface area contributed by atoms with Crippen molar-refractivity contribution in [1.82, 2.24) is 19.3 Å². The van der Waals surface area contributed by atoms with Crippen molar-refractivity contribution in [2.24, 2.45) is 0 Å². The predicted octanol–water partition coefficient (Wildman–Crippen LogP) is 3.23. The van der Waals surface area contributed by atoms with Gasteiger partial charge in [-0.15, -0.1) is 0 Å². The van der Waals surface area contributed by atoms with E-state index in [2.05, 4.69) is 15.0 Å². The average molecular weight is 390 g/mol. The van der Waals surface area contributed by atoms with Crippen LogP contribution in [0.5, 0.6) is 0 Å². The molecule has 7 heteroatoms. The highest BCUT2D eigenvalue weighted by atomic mass is 32.2. The molecule has 4 heterocycles. The molecule has 1 aliphatic heterocycles. The lowest BCUT2D eigenvalue weighted by Crippen LogP contribution is -2.36. The van der Waals surface area contributed by atoms with Gasteiger partial charge in [-0.2, -0.15) is 4.31 Å². The first-order valence-corrected chi connectivity index (χ1v) is 10.6. The molecule has 0 fully saturated rings. The van der Waals surface area contributed by atoms with Crippen LogP contribution >= 0.6 is 0 Å². The van der Waals surface area contributed by atoms with Gasteiger partial charge in [0.05, 0.1) is 5.52 Å². The van der Waals surface area contributed by atoms with Gasteiger partial charge in [0.2, 0.25) is 10.0 Å². The number of nitrogens with zero attached hydrogens (tertiary/aromatic N) is 4. The van der Waals surface area contributed by atoms with E-state index in [9.17, 15) is 8.42 Å². The van der Waals surface area contributed by atoms with Crippen LogP contribution in [-0.2, 0) is 23.0 Å². The largest absolute Gasteiger partial charge is 0.255 e. The fourth-order valence-corrected chi connectivity index (χ4v) is 5.29. The van der Waals surface area contributed by atoms with Crippen LogP contribution in [0.4, 0.5) is 0 Å². The van der Waals surface area contributed by atoms with E-state index in [0.29, 0.717) is 30.7 Å². The van der Waals surface area contributed by atoms with Gasteiger partial charge in [0.15, 0.2) is 5.65 Å². The summed E-state index contributed by atoms with van der Waals surface area (Å²) in [5, 5.41) is 1.74. The average Bonchev–Trinajstić information content (AvgIpc) is 2.71. The molecule has 1 aliphatic rings. The Labute approximate surface area is 162 Å². The number of hydrogen-bond donors (Lipinski definition) is 0. The summed E-state index contributed by atoms with van der Waals surface area (Å²) in [6, 6.07) is 14.9. The van der Waals surface area contributed by atoms with Crippen molar-refractivity contribution in [1.29, 1.82) is 0 Å².